The van der Waals surface area contributed by atoms with Crippen LogP contribution >= 0.6 is 0 Å². The van der Waals surface area contributed by atoms with E-state index in [0.29, 0.717) is 0 Å². The summed E-state index contributed by atoms with van der Waals surface area (Å²) < 4.78 is 0. The van der Waals surface area contributed by atoms with Crippen molar-refractivity contribution in [3.8, 4) is 0 Å². The van der Waals surface area contributed by atoms with Crippen molar-refractivity contribution in [2.45, 2.75) is 47.0 Å². The lowest BCUT2D eigenvalue weighted by Gasteiger charge is -2.12. The van der Waals surface area contributed by atoms with Gasteiger partial charge in [-0.15, -0.1) is 0 Å². The van der Waals surface area contributed by atoms with E-state index in [2.05, 4.69) is 37.0 Å². The monoisotopic (exact) mass is 203 g/mol. The van der Waals surface area contributed by atoms with Crippen molar-refractivity contribution in [2.24, 2.45) is 0 Å². The second-order valence-corrected chi connectivity index (χ2v) is 3.56. The fourth-order valence-corrected chi connectivity index (χ4v) is 1.85. The van der Waals surface area contributed by atoms with Gasteiger partial charge in [0.25, 0.3) is 0 Å². The predicted octanol–water partition coefficient (Wildman–Crippen LogP) is 3.94. The second kappa shape index (κ2) is 5.69. The molecule has 1 heteroatoms. The second-order valence-electron chi connectivity index (χ2n) is 3.56. The van der Waals surface area contributed by atoms with E-state index in [1.807, 2.05) is 13.8 Å². The average Bonchev–Trinajstić information content (AvgIpc) is 2.31. The summed E-state index contributed by atoms with van der Waals surface area (Å²) in [6.45, 7) is 8.29. The van der Waals surface area contributed by atoms with Crippen LogP contribution in [-0.4, -0.2) is 4.98 Å². The first-order chi connectivity index (χ1) is 7.31. The highest BCUT2D eigenvalue weighted by Gasteiger charge is 2.08. The fraction of sp³-hybridized carbons (Fsp3) is 0.500. The van der Waals surface area contributed by atoms with Crippen molar-refractivity contribution in [2.75, 3.05) is 0 Å². The molecule has 0 amide bonds. The van der Waals surface area contributed by atoms with E-state index >= 15 is 0 Å². The van der Waals surface area contributed by atoms with Gasteiger partial charge in [0.1, 0.15) is 0 Å². The standard InChI is InChI=1S/C12H15N.C2H6/c1-3-10-8-11-6-4-5-7-12(11)13-9(10)2;1-2/h4,6,8H,3,5,7H2,1-2H3;1-2H3. The van der Waals surface area contributed by atoms with Gasteiger partial charge in [0, 0.05) is 11.4 Å². The topological polar surface area (TPSA) is 12.9 Å². The number of nitrogens with zero attached hydrogens (tertiary/aromatic N) is 1. The van der Waals surface area contributed by atoms with Crippen LogP contribution in [0.4, 0.5) is 0 Å². The van der Waals surface area contributed by atoms with Crippen molar-refractivity contribution < 1.29 is 0 Å². The van der Waals surface area contributed by atoms with Gasteiger partial charge in [0.15, 0.2) is 0 Å². The number of pyridine rings is 1. The average molecular weight is 203 g/mol. The Morgan fingerprint density at radius 3 is 2.73 bits per heavy atom. The third-order valence-electron chi connectivity index (χ3n) is 2.66. The van der Waals surface area contributed by atoms with Gasteiger partial charge in [0.2, 0.25) is 0 Å². The van der Waals surface area contributed by atoms with Crippen LogP contribution in [0.2, 0.25) is 0 Å². The molecule has 1 aromatic heterocycles. The molecule has 0 aromatic carbocycles. The van der Waals surface area contributed by atoms with Gasteiger partial charge >= 0.3 is 0 Å². The van der Waals surface area contributed by atoms with Crippen LogP contribution in [0.3, 0.4) is 0 Å². The van der Waals surface area contributed by atoms with Gasteiger partial charge in [-0.05, 0) is 43.4 Å². The molecule has 0 N–H and O–H groups in total. The number of hydrogen-bond donors (Lipinski definition) is 0. The quantitative estimate of drug-likeness (QED) is 0.673. The number of fused-ring (bicyclic) bond motifs is 1. The van der Waals surface area contributed by atoms with Crippen LogP contribution in [0.1, 0.15) is 49.7 Å². The summed E-state index contributed by atoms with van der Waals surface area (Å²) in [5.74, 6) is 0. The lowest BCUT2D eigenvalue weighted by Crippen LogP contribution is -2.02. The molecule has 0 aliphatic heterocycles. The van der Waals surface area contributed by atoms with Crippen LogP contribution in [-0.2, 0) is 12.8 Å². The molecule has 1 heterocycles. The summed E-state index contributed by atoms with van der Waals surface area (Å²) in [6.07, 6.45) is 7.77. The minimum Gasteiger partial charge on any atom is -0.257 e. The zero-order valence-corrected chi connectivity index (χ0v) is 10.3. The minimum atomic E-state index is 1.08. The van der Waals surface area contributed by atoms with Gasteiger partial charge < -0.3 is 0 Å². The van der Waals surface area contributed by atoms with Crippen molar-refractivity contribution in [3.63, 3.8) is 0 Å². The Morgan fingerprint density at radius 2 is 2.07 bits per heavy atom. The zero-order chi connectivity index (χ0) is 11.3. The molecule has 1 aromatic rings. The molecule has 0 bridgehead atoms. The molecular weight excluding hydrogens is 182 g/mol. The van der Waals surface area contributed by atoms with E-state index in [0.717, 1.165) is 19.3 Å². The number of aromatic nitrogens is 1. The lowest BCUT2D eigenvalue weighted by molar-refractivity contribution is 0.897. The van der Waals surface area contributed by atoms with Gasteiger partial charge in [-0.3, -0.25) is 4.98 Å². The molecular formula is C14H21N. The summed E-state index contributed by atoms with van der Waals surface area (Å²) in [5, 5.41) is 0. The molecule has 0 saturated heterocycles. The summed E-state index contributed by atoms with van der Waals surface area (Å²) in [6, 6.07) is 2.29. The molecule has 1 aliphatic rings. The summed E-state index contributed by atoms with van der Waals surface area (Å²) in [5.41, 5.74) is 5.19. The maximum Gasteiger partial charge on any atom is 0.0482 e. The Labute approximate surface area is 93.2 Å². The Morgan fingerprint density at radius 1 is 1.33 bits per heavy atom. The third kappa shape index (κ3) is 2.68. The molecule has 0 unspecified atom stereocenters. The normalized spacial score (nSPS) is 12.8. The van der Waals surface area contributed by atoms with Crippen molar-refractivity contribution in [3.05, 3.63) is 34.7 Å². The van der Waals surface area contributed by atoms with Crippen LogP contribution < -0.4 is 0 Å². The molecule has 0 spiro atoms. The summed E-state index contributed by atoms with van der Waals surface area (Å²) in [7, 11) is 0. The van der Waals surface area contributed by atoms with Gasteiger partial charge in [-0.25, -0.2) is 0 Å². The third-order valence-corrected chi connectivity index (χ3v) is 2.66. The highest BCUT2D eigenvalue weighted by atomic mass is 14.7. The Hall–Kier alpha value is -1.11. The minimum absolute atomic E-state index is 1.08. The Kier molecular flexibility index (Phi) is 4.54. The summed E-state index contributed by atoms with van der Waals surface area (Å²) in [4.78, 5) is 4.63. The first-order valence-corrected chi connectivity index (χ1v) is 5.97. The Balaban J connectivity index is 0.000000531. The molecule has 1 nitrogen and oxygen atoms in total. The Bertz CT molecular complexity index is 351. The van der Waals surface area contributed by atoms with Crippen molar-refractivity contribution in [1.82, 2.24) is 4.98 Å². The van der Waals surface area contributed by atoms with E-state index in [1.165, 1.54) is 22.5 Å². The van der Waals surface area contributed by atoms with Crippen LogP contribution in [0.15, 0.2) is 12.1 Å². The number of rotatable bonds is 1. The molecule has 82 valence electrons. The molecule has 0 atom stereocenters. The smallest absolute Gasteiger partial charge is 0.0482 e. The largest absolute Gasteiger partial charge is 0.257 e. The SMILES string of the molecule is CC.CCc1cc2c(nc1C)CCC=C2. The van der Waals surface area contributed by atoms with Crippen molar-refractivity contribution >= 4 is 6.08 Å². The fourth-order valence-electron chi connectivity index (χ4n) is 1.85. The maximum absolute atomic E-state index is 4.63. The first kappa shape index (κ1) is 12.0. The van der Waals surface area contributed by atoms with Crippen LogP contribution in [0.5, 0.6) is 0 Å². The van der Waals surface area contributed by atoms with Crippen LogP contribution in [0, 0.1) is 6.92 Å². The van der Waals surface area contributed by atoms with Gasteiger partial charge in [0.05, 0.1) is 0 Å². The molecule has 0 saturated carbocycles. The van der Waals surface area contributed by atoms with E-state index in [-0.39, 0.29) is 0 Å². The van der Waals surface area contributed by atoms with Crippen molar-refractivity contribution in [1.29, 1.82) is 0 Å². The highest BCUT2D eigenvalue weighted by molar-refractivity contribution is 5.55. The molecule has 0 fully saturated rings. The number of aryl methyl sites for hydroxylation is 3. The molecule has 1 aliphatic carbocycles. The predicted molar refractivity (Wildman–Crippen MR) is 67.1 cm³/mol. The van der Waals surface area contributed by atoms with E-state index in [4.69, 9.17) is 0 Å². The number of hydrogen-bond acceptors (Lipinski definition) is 1. The molecule has 15 heavy (non-hydrogen) atoms. The lowest BCUT2D eigenvalue weighted by atomic mass is 9.99. The number of allylic oxidation sites excluding steroid dienone is 1. The zero-order valence-electron chi connectivity index (χ0n) is 10.3. The van der Waals surface area contributed by atoms with Crippen LogP contribution in [0.25, 0.3) is 6.08 Å². The van der Waals surface area contributed by atoms with Gasteiger partial charge in [-0.1, -0.05) is 32.9 Å². The van der Waals surface area contributed by atoms with Gasteiger partial charge in [-0.2, -0.15) is 0 Å². The van der Waals surface area contributed by atoms with E-state index < -0.39 is 0 Å². The van der Waals surface area contributed by atoms with E-state index in [1.54, 1.807) is 0 Å². The maximum atomic E-state index is 4.63. The van der Waals surface area contributed by atoms with E-state index in [9.17, 15) is 0 Å². The first-order valence-electron chi connectivity index (χ1n) is 5.97. The highest BCUT2D eigenvalue weighted by Crippen LogP contribution is 2.20. The molecule has 2 rings (SSSR count). The summed E-state index contributed by atoms with van der Waals surface area (Å²) >= 11 is 0. The molecule has 0 radical (unpaired) electrons.